The maximum Gasteiger partial charge on any atom is 0.141 e. The number of nitrogens with zero attached hydrogens (tertiary/aromatic N) is 2. The lowest BCUT2D eigenvalue weighted by molar-refractivity contribution is 0.0556. The van der Waals surface area contributed by atoms with Crippen LogP contribution in [0.25, 0.3) is 11.3 Å². The molecule has 2 aromatic heterocycles. The van der Waals surface area contributed by atoms with E-state index in [0.717, 1.165) is 11.1 Å². The van der Waals surface area contributed by atoms with Crippen molar-refractivity contribution >= 4 is 0 Å². The van der Waals surface area contributed by atoms with Crippen LogP contribution in [-0.4, -0.2) is 25.7 Å². The van der Waals surface area contributed by atoms with E-state index in [9.17, 15) is 13.9 Å². The molecule has 0 bridgehead atoms. The van der Waals surface area contributed by atoms with E-state index in [-0.39, 0.29) is 18.2 Å². The number of rotatable bonds is 6. The second-order valence-electron chi connectivity index (χ2n) is 7.96. The molecule has 148 valence electrons. The first-order valence-corrected chi connectivity index (χ1v) is 9.24. The van der Waals surface area contributed by atoms with Crippen molar-refractivity contribution < 1.29 is 13.9 Å². The summed E-state index contributed by atoms with van der Waals surface area (Å²) in [6.45, 7) is 6.58. The molecule has 0 aliphatic carbocycles. The molecule has 0 fully saturated rings. The maximum absolute atomic E-state index is 14.2. The van der Waals surface area contributed by atoms with Crippen LogP contribution in [-0.2, 0) is 12.0 Å². The molecule has 0 aliphatic rings. The average Bonchev–Trinajstić information content (AvgIpc) is 3.08. The Morgan fingerprint density at radius 1 is 1.04 bits per heavy atom. The fourth-order valence-corrected chi connectivity index (χ4v) is 3.03. The van der Waals surface area contributed by atoms with Gasteiger partial charge in [0.15, 0.2) is 0 Å². The number of aliphatic hydroxyl groups is 1. The molecule has 28 heavy (non-hydrogen) atoms. The van der Waals surface area contributed by atoms with Crippen molar-refractivity contribution in [2.75, 3.05) is 0 Å². The van der Waals surface area contributed by atoms with Gasteiger partial charge in [0.2, 0.25) is 0 Å². The summed E-state index contributed by atoms with van der Waals surface area (Å²) in [5, 5.41) is 10.9. The van der Waals surface area contributed by atoms with Gasteiger partial charge in [0.25, 0.3) is 0 Å². The summed E-state index contributed by atoms with van der Waals surface area (Å²) in [5.41, 5.74) is 0.394. The van der Waals surface area contributed by atoms with E-state index in [1.807, 2.05) is 24.3 Å². The Labute approximate surface area is 163 Å². The maximum atomic E-state index is 14.2. The third-order valence-electron chi connectivity index (χ3n) is 5.19. The molecular formula is C22H25F2N3O. The summed E-state index contributed by atoms with van der Waals surface area (Å²) in [4.78, 5) is 11.5. The molecule has 0 spiro atoms. The Balaban J connectivity index is 1.76. The number of pyridine rings is 1. The van der Waals surface area contributed by atoms with E-state index in [1.54, 1.807) is 26.1 Å². The fourth-order valence-electron chi connectivity index (χ4n) is 3.03. The van der Waals surface area contributed by atoms with Crippen LogP contribution in [0.15, 0.2) is 48.8 Å². The second-order valence-corrected chi connectivity index (χ2v) is 7.96. The van der Waals surface area contributed by atoms with Crippen LogP contribution < -0.4 is 0 Å². The van der Waals surface area contributed by atoms with Gasteiger partial charge in [-0.15, -0.1) is 0 Å². The molecule has 2 heterocycles. The quantitative estimate of drug-likeness (QED) is 0.634. The highest BCUT2D eigenvalue weighted by molar-refractivity contribution is 5.59. The number of aromatic amines is 1. The SMILES string of the molecule is CC(c1cnc(CC(C)(O)c2ccc(-c3ccc(F)cn3)cc2)[nH]1)C(C)(C)F. The van der Waals surface area contributed by atoms with Crippen LogP contribution in [0.1, 0.15) is 50.7 Å². The number of H-pyrrole nitrogens is 1. The minimum atomic E-state index is -1.36. The fraction of sp³-hybridized carbons (Fsp3) is 0.364. The zero-order valence-electron chi connectivity index (χ0n) is 16.5. The van der Waals surface area contributed by atoms with E-state index < -0.39 is 11.3 Å². The summed E-state index contributed by atoms with van der Waals surface area (Å²) in [5.74, 6) is -0.117. The molecule has 2 atom stereocenters. The first-order chi connectivity index (χ1) is 13.1. The third-order valence-corrected chi connectivity index (χ3v) is 5.19. The van der Waals surface area contributed by atoms with Gasteiger partial charge < -0.3 is 10.1 Å². The molecule has 2 unspecified atom stereocenters. The number of halogens is 2. The average molecular weight is 385 g/mol. The summed E-state index contributed by atoms with van der Waals surface area (Å²) >= 11 is 0. The Morgan fingerprint density at radius 3 is 2.29 bits per heavy atom. The Morgan fingerprint density at radius 2 is 1.71 bits per heavy atom. The van der Waals surface area contributed by atoms with Crippen LogP contribution in [0.2, 0.25) is 0 Å². The molecule has 4 nitrogen and oxygen atoms in total. The van der Waals surface area contributed by atoms with Gasteiger partial charge in [-0.1, -0.05) is 31.2 Å². The number of aromatic nitrogens is 3. The summed E-state index contributed by atoms with van der Waals surface area (Å²) in [7, 11) is 0. The predicted octanol–water partition coefficient (Wildman–Crippen LogP) is 4.91. The van der Waals surface area contributed by atoms with E-state index in [0.29, 0.717) is 17.2 Å². The van der Waals surface area contributed by atoms with E-state index in [4.69, 9.17) is 0 Å². The van der Waals surface area contributed by atoms with Crippen molar-refractivity contribution in [2.45, 2.75) is 51.3 Å². The Kier molecular flexibility index (Phi) is 5.35. The molecule has 0 saturated heterocycles. The molecule has 3 rings (SSSR count). The smallest absolute Gasteiger partial charge is 0.141 e. The first-order valence-electron chi connectivity index (χ1n) is 9.24. The monoisotopic (exact) mass is 385 g/mol. The number of hydrogen-bond acceptors (Lipinski definition) is 3. The minimum absolute atomic E-state index is 0.264. The van der Waals surface area contributed by atoms with Gasteiger partial charge in [-0.25, -0.2) is 13.8 Å². The van der Waals surface area contributed by atoms with Crippen molar-refractivity contribution in [3.63, 3.8) is 0 Å². The van der Waals surface area contributed by atoms with Crippen LogP contribution in [0.3, 0.4) is 0 Å². The number of alkyl halides is 1. The van der Waals surface area contributed by atoms with Crippen LogP contribution in [0, 0.1) is 5.82 Å². The Bertz CT molecular complexity index is 926. The van der Waals surface area contributed by atoms with Crippen molar-refractivity contribution in [1.29, 1.82) is 0 Å². The molecular weight excluding hydrogens is 360 g/mol. The van der Waals surface area contributed by atoms with Crippen LogP contribution >= 0.6 is 0 Å². The predicted molar refractivity (Wildman–Crippen MR) is 105 cm³/mol. The summed E-state index contributed by atoms with van der Waals surface area (Å²) in [6.07, 6.45) is 3.06. The van der Waals surface area contributed by atoms with E-state index in [2.05, 4.69) is 15.0 Å². The van der Waals surface area contributed by atoms with Crippen molar-refractivity contribution in [3.8, 4) is 11.3 Å². The van der Waals surface area contributed by atoms with Gasteiger partial charge in [-0.05, 0) is 38.5 Å². The van der Waals surface area contributed by atoms with Gasteiger partial charge in [0.05, 0.1) is 17.5 Å². The molecule has 0 amide bonds. The molecule has 2 N–H and O–H groups in total. The molecule has 0 radical (unpaired) electrons. The highest BCUT2D eigenvalue weighted by atomic mass is 19.1. The van der Waals surface area contributed by atoms with Crippen molar-refractivity contribution in [2.24, 2.45) is 0 Å². The third kappa shape index (κ3) is 4.44. The topological polar surface area (TPSA) is 61.8 Å². The van der Waals surface area contributed by atoms with Crippen molar-refractivity contribution in [1.82, 2.24) is 15.0 Å². The highest BCUT2D eigenvalue weighted by Gasteiger charge is 2.29. The van der Waals surface area contributed by atoms with Gasteiger partial charge in [-0.2, -0.15) is 0 Å². The zero-order chi connectivity index (χ0) is 20.5. The van der Waals surface area contributed by atoms with Crippen molar-refractivity contribution in [3.05, 3.63) is 71.7 Å². The zero-order valence-corrected chi connectivity index (χ0v) is 16.5. The molecule has 0 aliphatic heterocycles. The molecule has 6 heteroatoms. The van der Waals surface area contributed by atoms with Crippen LogP contribution in [0.4, 0.5) is 8.78 Å². The lowest BCUT2D eigenvalue weighted by atomic mass is 9.91. The van der Waals surface area contributed by atoms with Gasteiger partial charge >= 0.3 is 0 Å². The largest absolute Gasteiger partial charge is 0.385 e. The lowest BCUT2D eigenvalue weighted by Gasteiger charge is -2.24. The van der Waals surface area contributed by atoms with Gasteiger partial charge in [0.1, 0.15) is 17.3 Å². The highest BCUT2D eigenvalue weighted by Crippen LogP contribution is 2.31. The molecule has 3 aromatic rings. The standard InChI is InChI=1S/C22H25F2N3O/c1-14(21(2,3)24)19-13-26-20(27-19)11-22(4,28)16-7-5-15(6-8-16)18-10-9-17(23)12-25-18/h5-10,12-14,28H,11H2,1-4H3,(H,26,27). The first kappa shape index (κ1) is 20.1. The minimum Gasteiger partial charge on any atom is -0.385 e. The lowest BCUT2D eigenvalue weighted by Crippen LogP contribution is -2.25. The molecule has 1 aromatic carbocycles. The Hall–Kier alpha value is -2.60. The normalized spacial score (nSPS) is 15.2. The second kappa shape index (κ2) is 7.43. The van der Waals surface area contributed by atoms with E-state index >= 15 is 0 Å². The summed E-state index contributed by atoms with van der Waals surface area (Å²) < 4.78 is 27.2. The molecule has 0 saturated carbocycles. The number of imidazole rings is 1. The van der Waals surface area contributed by atoms with Gasteiger partial charge in [0, 0.05) is 29.8 Å². The van der Waals surface area contributed by atoms with E-state index in [1.165, 1.54) is 26.1 Å². The number of hydrogen-bond donors (Lipinski definition) is 2. The van der Waals surface area contributed by atoms with Crippen LogP contribution in [0.5, 0.6) is 0 Å². The number of benzene rings is 1. The van der Waals surface area contributed by atoms with Gasteiger partial charge in [-0.3, -0.25) is 4.98 Å². The summed E-state index contributed by atoms with van der Waals surface area (Å²) in [6, 6.07) is 10.3. The number of nitrogens with one attached hydrogen (secondary N) is 1.